The zero-order chi connectivity index (χ0) is 6.95. The van der Waals surface area contributed by atoms with Gasteiger partial charge in [0, 0.05) is 0 Å². The minimum absolute atomic E-state index is 0. The Morgan fingerprint density at radius 3 is 2.00 bits per heavy atom. The summed E-state index contributed by atoms with van der Waals surface area (Å²) in [6, 6.07) is 0. The van der Waals surface area contributed by atoms with Crippen molar-refractivity contribution in [2.45, 2.75) is 52.4 Å². The second-order valence-electron chi connectivity index (χ2n) is 2.61. The van der Waals surface area contributed by atoms with E-state index in [4.69, 9.17) is 0 Å². The molecule has 0 aromatic carbocycles. The molecule has 11 heavy (non-hydrogen) atoms. The van der Waals surface area contributed by atoms with Crippen molar-refractivity contribution in [3.8, 4) is 0 Å². The van der Waals surface area contributed by atoms with Gasteiger partial charge in [0.15, 0.2) is 0 Å². The molecule has 0 radical (unpaired) electrons. The SMILES string of the molecule is C[CH-]CCCCCCC.[Cd+2].[I-]. The zero-order valence-corrected chi connectivity index (χ0v) is 14.1. The van der Waals surface area contributed by atoms with Crippen molar-refractivity contribution in [1.29, 1.82) is 0 Å². The molecule has 0 nitrogen and oxygen atoms in total. The van der Waals surface area contributed by atoms with Crippen LogP contribution in [0.4, 0.5) is 0 Å². The van der Waals surface area contributed by atoms with Gasteiger partial charge >= 0.3 is 27.3 Å². The van der Waals surface area contributed by atoms with Crippen LogP contribution < -0.4 is 24.0 Å². The van der Waals surface area contributed by atoms with E-state index in [1.165, 1.54) is 38.5 Å². The third-order valence-corrected chi connectivity index (χ3v) is 1.60. The molecule has 0 aromatic heterocycles. The van der Waals surface area contributed by atoms with E-state index in [-0.39, 0.29) is 51.3 Å². The summed E-state index contributed by atoms with van der Waals surface area (Å²) in [4.78, 5) is 0. The average molecular weight is 367 g/mol. The monoisotopic (exact) mass is 368 g/mol. The van der Waals surface area contributed by atoms with Gasteiger partial charge in [-0.25, -0.2) is 0 Å². The second kappa shape index (κ2) is 17.7. The Kier molecular flexibility index (Phi) is 29.6. The van der Waals surface area contributed by atoms with E-state index in [1.807, 2.05) is 0 Å². The molecule has 0 unspecified atom stereocenters. The van der Waals surface area contributed by atoms with Gasteiger partial charge in [0.25, 0.3) is 0 Å². The van der Waals surface area contributed by atoms with E-state index in [9.17, 15) is 0 Å². The van der Waals surface area contributed by atoms with Crippen LogP contribution in [0.5, 0.6) is 0 Å². The topological polar surface area (TPSA) is 0 Å². The molecule has 0 aliphatic rings. The van der Waals surface area contributed by atoms with E-state index < -0.39 is 0 Å². The summed E-state index contributed by atoms with van der Waals surface area (Å²) < 4.78 is 0. The summed E-state index contributed by atoms with van der Waals surface area (Å²) in [6.07, 6.45) is 10.6. The van der Waals surface area contributed by atoms with E-state index in [1.54, 1.807) is 0 Å². The van der Waals surface area contributed by atoms with Crippen LogP contribution in [-0.4, -0.2) is 0 Å². The molecule has 64 valence electrons. The van der Waals surface area contributed by atoms with Crippen LogP contribution in [0.3, 0.4) is 0 Å². The summed E-state index contributed by atoms with van der Waals surface area (Å²) in [7, 11) is 0. The molecule has 0 N–H and O–H groups in total. The van der Waals surface area contributed by atoms with Crippen LogP contribution in [0.25, 0.3) is 0 Å². The molecule has 0 saturated carbocycles. The largest absolute Gasteiger partial charge is 2.00 e. The first-order chi connectivity index (χ1) is 4.41. The van der Waals surface area contributed by atoms with Gasteiger partial charge in [-0.05, 0) is 0 Å². The molecule has 0 saturated heterocycles. The molecular formula is C9H19CdI. The smallest absolute Gasteiger partial charge is 1.00 e. The Bertz CT molecular complexity index is 42.8. The van der Waals surface area contributed by atoms with Gasteiger partial charge in [0.1, 0.15) is 0 Å². The minimum Gasteiger partial charge on any atom is -1.00 e. The molecule has 0 amide bonds. The molecule has 0 fully saturated rings. The summed E-state index contributed by atoms with van der Waals surface area (Å²) in [6.45, 7) is 4.39. The Morgan fingerprint density at radius 2 is 1.55 bits per heavy atom. The van der Waals surface area contributed by atoms with E-state index in [2.05, 4.69) is 20.3 Å². The van der Waals surface area contributed by atoms with Gasteiger partial charge in [-0.2, -0.15) is 13.3 Å². The average Bonchev–Trinajstić information content (AvgIpc) is 1.89. The fraction of sp³-hybridized carbons (Fsp3) is 0.889. The van der Waals surface area contributed by atoms with Gasteiger partial charge < -0.3 is 30.4 Å². The Labute approximate surface area is 109 Å². The van der Waals surface area contributed by atoms with Crippen molar-refractivity contribution in [3.63, 3.8) is 0 Å². The van der Waals surface area contributed by atoms with Crippen LogP contribution in [0.2, 0.25) is 0 Å². The van der Waals surface area contributed by atoms with Crippen LogP contribution >= 0.6 is 0 Å². The molecule has 0 aliphatic heterocycles. The molecule has 0 bridgehead atoms. The van der Waals surface area contributed by atoms with Crippen LogP contribution in [0.1, 0.15) is 52.4 Å². The Morgan fingerprint density at radius 1 is 1.00 bits per heavy atom. The van der Waals surface area contributed by atoms with Gasteiger partial charge in [0.05, 0.1) is 0 Å². The van der Waals surface area contributed by atoms with E-state index in [0.717, 1.165) is 0 Å². The Hall–Kier alpha value is 1.65. The third kappa shape index (κ3) is 18.5. The van der Waals surface area contributed by atoms with Crippen molar-refractivity contribution >= 4 is 0 Å². The minimum atomic E-state index is 0. The fourth-order valence-corrected chi connectivity index (χ4v) is 0.952. The molecule has 0 rings (SSSR count). The molecule has 0 heterocycles. The first-order valence-electron chi connectivity index (χ1n) is 4.19. The molecular weight excluding hydrogens is 347 g/mol. The summed E-state index contributed by atoms with van der Waals surface area (Å²) in [5.74, 6) is 0. The summed E-state index contributed by atoms with van der Waals surface area (Å²) in [5, 5.41) is 0. The van der Waals surface area contributed by atoms with Crippen LogP contribution in [0, 0.1) is 6.42 Å². The van der Waals surface area contributed by atoms with E-state index >= 15 is 0 Å². The van der Waals surface area contributed by atoms with Crippen molar-refractivity contribution in [2.75, 3.05) is 0 Å². The summed E-state index contributed by atoms with van der Waals surface area (Å²) >= 11 is 0. The van der Waals surface area contributed by atoms with Crippen molar-refractivity contribution in [1.82, 2.24) is 0 Å². The second-order valence-corrected chi connectivity index (χ2v) is 2.61. The van der Waals surface area contributed by atoms with Crippen molar-refractivity contribution in [3.05, 3.63) is 6.42 Å². The molecule has 0 aromatic rings. The first kappa shape index (κ1) is 18.4. The van der Waals surface area contributed by atoms with Gasteiger partial charge in [-0.15, -0.1) is 0 Å². The zero-order valence-electron chi connectivity index (χ0n) is 7.91. The van der Waals surface area contributed by atoms with E-state index in [0.29, 0.717) is 0 Å². The number of halogens is 1. The van der Waals surface area contributed by atoms with Crippen LogP contribution in [0.15, 0.2) is 0 Å². The van der Waals surface area contributed by atoms with Gasteiger partial charge in [-0.3, -0.25) is 0 Å². The maximum absolute atomic E-state index is 2.26. The predicted molar refractivity (Wildman–Crippen MR) is 43.4 cm³/mol. The van der Waals surface area contributed by atoms with Crippen molar-refractivity contribution in [2.24, 2.45) is 0 Å². The number of rotatable bonds is 6. The van der Waals surface area contributed by atoms with Crippen LogP contribution in [-0.2, 0) is 27.3 Å². The maximum atomic E-state index is 2.26. The fourth-order valence-electron chi connectivity index (χ4n) is 0.952. The number of hydrogen-bond donors (Lipinski definition) is 0. The molecule has 0 atom stereocenters. The third-order valence-electron chi connectivity index (χ3n) is 1.60. The quantitative estimate of drug-likeness (QED) is 0.279. The Balaban J connectivity index is -0.000000320. The first-order valence-corrected chi connectivity index (χ1v) is 4.19. The summed E-state index contributed by atoms with van der Waals surface area (Å²) in [5.41, 5.74) is 0. The predicted octanol–water partition coefficient (Wildman–Crippen LogP) is 0.573. The molecule has 2 heteroatoms. The van der Waals surface area contributed by atoms with Gasteiger partial charge in [0.2, 0.25) is 0 Å². The number of hydrogen-bond acceptors (Lipinski definition) is 0. The standard InChI is InChI=1S/C9H19.Cd.HI/c1-3-5-7-9-8-6-4-2;;/h3H,4-9H2,1-2H3;;1H/q-1;+2;/p-1. The maximum Gasteiger partial charge on any atom is 2.00 e. The van der Waals surface area contributed by atoms with Crippen molar-refractivity contribution < 1.29 is 51.3 Å². The normalized spacial score (nSPS) is 8.18. The molecule has 0 aliphatic carbocycles. The number of unbranched alkanes of at least 4 members (excludes halogenated alkanes) is 6. The molecule has 0 spiro atoms. The van der Waals surface area contributed by atoms with Gasteiger partial charge in [-0.1, -0.05) is 39.0 Å².